The first kappa shape index (κ1) is 19.9. The summed E-state index contributed by atoms with van der Waals surface area (Å²) in [6, 6.07) is 7.18. The van der Waals surface area contributed by atoms with E-state index in [1.165, 1.54) is 18.3 Å². The van der Waals surface area contributed by atoms with Crippen LogP contribution >= 0.6 is 0 Å². The lowest BCUT2D eigenvalue weighted by Gasteiger charge is -2.19. The first-order valence-corrected chi connectivity index (χ1v) is 8.55. The number of hydrogen-bond donors (Lipinski definition) is 4. The summed E-state index contributed by atoms with van der Waals surface area (Å²) in [5.41, 5.74) is -0.376. The molecule has 1 aliphatic rings. The minimum absolute atomic E-state index is 0.0534. The van der Waals surface area contributed by atoms with E-state index >= 15 is 0 Å². The van der Waals surface area contributed by atoms with Crippen LogP contribution in [0.2, 0.25) is 0 Å². The normalized spacial score (nSPS) is 25.4. The van der Waals surface area contributed by atoms with E-state index in [4.69, 9.17) is 9.84 Å². The zero-order valence-electron chi connectivity index (χ0n) is 14.9. The van der Waals surface area contributed by atoms with Gasteiger partial charge in [-0.25, -0.2) is 4.79 Å². The van der Waals surface area contributed by atoms with Gasteiger partial charge in [0.05, 0.1) is 23.1 Å². The second-order valence-corrected chi connectivity index (χ2v) is 6.41. The molecule has 1 saturated heterocycles. The quantitative estimate of drug-likeness (QED) is 0.390. The van der Waals surface area contributed by atoms with Gasteiger partial charge in [-0.2, -0.15) is 4.98 Å². The fourth-order valence-corrected chi connectivity index (χ4v) is 3.12. The van der Waals surface area contributed by atoms with E-state index in [1.807, 2.05) is 0 Å². The Morgan fingerprint density at radius 2 is 2.04 bits per heavy atom. The molecule has 11 nitrogen and oxygen atoms in total. The van der Waals surface area contributed by atoms with Gasteiger partial charge in [0.15, 0.2) is 6.23 Å². The van der Waals surface area contributed by atoms with E-state index < -0.39 is 47.8 Å². The number of anilines is 1. The Hall–Kier alpha value is -2.86. The zero-order valence-corrected chi connectivity index (χ0v) is 14.9. The van der Waals surface area contributed by atoms with Crippen LogP contribution in [0.3, 0.4) is 0 Å². The number of aliphatic hydroxyl groups is 3. The number of hydrogen-bond acceptors (Lipinski definition) is 9. The number of aliphatic hydroxyl groups excluding tert-OH is 3. The Balaban J connectivity index is 1.80. The molecular formula is C17H20N4O7. The molecule has 2 aromatic rings. The lowest BCUT2D eigenvalue weighted by molar-refractivity contribution is -0.385. The van der Waals surface area contributed by atoms with E-state index in [0.29, 0.717) is 5.56 Å². The molecule has 1 aromatic heterocycles. The molecule has 0 saturated carbocycles. The monoisotopic (exact) mass is 392 g/mol. The molecule has 150 valence electrons. The summed E-state index contributed by atoms with van der Waals surface area (Å²) >= 11 is 0. The van der Waals surface area contributed by atoms with Crippen LogP contribution in [-0.2, 0) is 4.74 Å². The lowest BCUT2D eigenvalue weighted by atomic mass is 10.1. The van der Waals surface area contributed by atoms with Crippen molar-refractivity contribution >= 4 is 11.5 Å². The maximum Gasteiger partial charge on any atom is 0.351 e. The fraction of sp³-hybridized carbons (Fsp3) is 0.412. The van der Waals surface area contributed by atoms with Crippen molar-refractivity contribution in [1.82, 2.24) is 9.55 Å². The van der Waals surface area contributed by atoms with Crippen LogP contribution in [0.4, 0.5) is 11.5 Å². The highest BCUT2D eigenvalue weighted by Gasteiger charge is 2.43. The number of ether oxygens (including phenoxy) is 1. The molecule has 1 aromatic carbocycles. The molecular weight excluding hydrogens is 372 g/mol. The molecule has 2 unspecified atom stereocenters. The number of rotatable bonds is 6. The first-order valence-electron chi connectivity index (χ1n) is 8.55. The minimum Gasteiger partial charge on any atom is -0.394 e. The summed E-state index contributed by atoms with van der Waals surface area (Å²) < 4.78 is 6.32. The molecule has 4 N–H and O–H groups in total. The molecule has 2 heterocycles. The molecule has 11 heteroatoms. The van der Waals surface area contributed by atoms with Gasteiger partial charge in [0, 0.05) is 12.3 Å². The van der Waals surface area contributed by atoms with Gasteiger partial charge in [0.25, 0.3) is 5.69 Å². The Morgan fingerprint density at radius 3 is 2.64 bits per heavy atom. The van der Waals surface area contributed by atoms with Crippen LogP contribution in [0.5, 0.6) is 0 Å². The summed E-state index contributed by atoms with van der Waals surface area (Å²) in [5.74, 6) is 0.179. The first-order chi connectivity index (χ1) is 13.3. The molecule has 0 aliphatic carbocycles. The standard InChI is InChI=1S/C17H20N4O7/c1-9(10-4-2-3-5-11(10)21(26)27)18-13-6-7-20(17(25)19-13)16-15(24)14(23)12(8-22)28-16/h2-7,9,12,14-16,22-24H,8H2,1H3,(H,18,19,25)/t9-,12+,14?,15?,16+/m0/s1. The smallest absolute Gasteiger partial charge is 0.351 e. The highest BCUT2D eigenvalue weighted by molar-refractivity contribution is 5.46. The number of para-hydroxylation sites is 1. The second-order valence-electron chi connectivity index (χ2n) is 6.41. The van der Waals surface area contributed by atoms with E-state index in [0.717, 1.165) is 4.57 Å². The van der Waals surface area contributed by atoms with E-state index in [-0.39, 0.29) is 11.5 Å². The zero-order chi connectivity index (χ0) is 20.4. The number of benzene rings is 1. The number of aromatic nitrogens is 2. The predicted octanol–water partition coefficient (Wildman–Crippen LogP) is -0.0639. The van der Waals surface area contributed by atoms with Crippen LogP contribution in [0, 0.1) is 10.1 Å². The van der Waals surface area contributed by atoms with Gasteiger partial charge in [-0.05, 0) is 13.0 Å². The summed E-state index contributed by atoms with van der Waals surface area (Å²) in [7, 11) is 0. The van der Waals surface area contributed by atoms with Crippen molar-refractivity contribution in [3.8, 4) is 0 Å². The Labute approximate surface area is 159 Å². The number of nitrogens with one attached hydrogen (secondary N) is 1. The van der Waals surface area contributed by atoms with Crippen LogP contribution in [0.1, 0.15) is 24.8 Å². The van der Waals surface area contributed by atoms with Gasteiger partial charge in [-0.1, -0.05) is 18.2 Å². The van der Waals surface area contributed by atoms with Crippen molar-refractivity contribution in [1.29, 1.82) is 0 Å². The topological polar surface area (TPSA) is 160 Å². The average molecular weight is 392 g/mol. The van der Waals surface area contributed by atoms with Crippen molar-refractivity contribution in [2.75, 3.05) is 11.9 Å². The van der Waals surface area contributed by atoms with Gasteiger partial charge < -0.3 is 25.4 Å². The number of nitro groups is 1. The van der Waals surface area contributed by atoms with Crippen molar-refractivity contribution in [2.24, 2.45) is 0 Å². The van der Waals surface area contributed by atoms with E-state index in [1.54, 1.807) is 25.1 Å². The summed E-state index contributed by atoms with van der Waals surface area (Å²) in [4.78, 5) is 26.9. The highest BCUT2D eigenvalue weighted by atomic mass is 16.6. The number of nitrogens with zero attached hydrogens (tertiary/aromatic N) is 3. The molecule has 0 amide bonds. The Kier molecular flexibility index (Phi) is 5.70. The van der Waals surface area contributed by atoms with Crippen molar-refractivity contribution in [2.45, 2.75) is 37.5 Å². The molecule has 1 fully saturated rings. The van der Waals surface area contributed by atoms with E-state index in [2.05, 4.69) is 10.3 Å². The lowest BCUT2D eigenvalue weighted by Crippen LogP contribution is -2.36. The van der Waals surface area contributed by atoms with Gasteiger partial charge in [0.1, 0.15) is 24.1 Å². The Bertz CT molecular complexity index is 918. The largest absolute Gasteiger partial charge is 0.394 e. The SMILES string of the molecule is C[C@H](Nc1ccn([C@@H]2O[C@H](CO)C(O)C2O)c(=O)n1)c1ccccc1[N+](=O)[O-]. The van der Waals surface area contributed by atoms with Crippen LogP contribution in [-0.4, -0.2) is 54.7 Å². The van der Waals surface area contributed by atoms with Gasteiger partial charge >= 0.3 is 5.69 Å². The highest BCUT2D eigenvalue weighted by Crippen LogP contribution is 2.29. The summed E-state index contributed by atoms with van der Waals surface area (Å²) in [5, 5.41) is 43.1. The van der Waals surface area contributed by atoms with Crippen LogP contribution in [0.15, 0.2) is 41.3 Å². The Morgan fingerprint density at radius 1 is 1.32 bits per heavy atom. The van der Waals surface area contributed by atoms with Gasteiger partial charge in [-0.15, -0.1) is 0 Å². The van der Waals surface area contributed by atoms with Crippen molar-refractivity contribution in [3.63, 3.8) is 0 Å². The van der Waals surface area contributed by atoms with Crippen LogP contribution in [0.25, 0.3) is 0 Å². The molecule has 0 bridgehead atoms. The molecule has 0 radical (unpaired) electrons. The maximum atomic E-state index is 12.3. The third-order valence-electron chi connectivity index (χ3n) is 4.59. The predicted molar refractivity (Wildman–Crippen MR) is 96.6 cm³/mol. The molecule has 0 spiro atoms. The van der Waals surface area contributed by atoms with E-state index in [9.17, 15) is 25.1 Å². The molecule has 3 rings (SSSR count). The second kappa shape index (κ2) is 8.02. The van der Waals surface area contributed by atoms with Crippen LogP contribution < -0.4 is 11.0 Å². The summed E-state index contributed by atoms with van der Waals surface area (Å²) in [6.07, 6.45) is -3.61. The van der Waals surface area contributed by atoms with Crippen molar-refractivity contribution in [3.05, 3.63) is 62.7 Å². The summed E-state index contributed by atoms with van der Waals surface area (Å²) in [6.45, 7) is 1.19. The van der Waals surface area contributed by atoms with Crippen molar-refractivity contribution < 1.29 is 25.0 Å². The molecule has 1 aliphatic heterocycles. The third-order valence-corrected chi connectivity index (χ3v) is 4.59. The molecule has 5 atom stereocenters. The average Bonchev–Trinajstić information content (AvgIpc) is 2.96. The maximum absolute atomic E-state index is 12.3. The third kappa shape index (κ3) is 3.73. The number of nitro benzene ring substituents is 1. The van der Waals surface area contributed by atoms with Gasteiger partial charge in [0.2, 0.25) is 0 Å². The van der Waals surface area contributed by atoms with Gasteiger partial charge in [-0.3, -0.25) is 14.7 Å². The fourth-order valence-electron chi connectivity index (χ4n) is 3.12. The minimum atomic E-state index is -1.40. The molecule has 28 heavy (non-hydrogen) atoms.